The summed E-state index contributed by atoms with van der Waals surface area (Å²) >= 11 is 17.0. The highest BCUT2D eigenvalue weighted by Crippen LogP contribution is 2.36. The fourth-order valence-corrected chi connectivity index (χ4v) is 6.60. The van der Waals surface area contributed by atoms with Crippen LogP contribution in [0, 0.1) is 6.92 Å². The molecule has 0 saturated heterocycles. The third kappa shape index (κ3) is 6.45. The summed E-state index contributed by atoms with van der Waals surface area (Å²) in [6.07, 6.45) is 1.75. The fraction of sp³-hybridized carbons (Fsp3) is 0.219. The Morgan fingerprint density at radius 3 is 2.51 bits per heavy atom. The number of nitrogens with zero attached hydrogens (tertiary/aromatic N) is 2. The number of aromatic nitrogens is 1. The average molecular weight is 702 g/mol. The van der Waals surface area contributed by atoms with E-state index in [1.165, 1.54) is 11.3 Å². The molecule has 0 N–H and O–H groups in total. The molecule has 0 fully saturated rings. The summed E-state index contributed by atoms with van der Waals surface area (Å²) in [5, 5.41) is 0.875. The predicted octanol–water partition coefficient (Wildman–Crippen LogP) is 6.76. The van der Waals surface area contributed by atoms with Gasteiger partial charge in [0.05, 0.1) is 45.6 Å². The third-order valence-corrected chi connectivity index (χ3v) is 9.01. The van der Waals surface area contributed by atoms with Crippen molar-refractivity contribution in [3.8, 4) is 11.5 Å². The molecular weight excluding hydrogens is 675 g/mol. The highest BCUT2D eigenvalue weighted by Gasteiger charge is 2.33. The maximum Gasteiger partial charge on any atom is 0.338 e. The second kappa shape index (κ2) is 13.1. The van der Waals surface area contributed by atoms with Gasteiger partial charge in [-0.15, -0.1) is 0 Å². The zero-order valence-electron chi connectivity index (χ0n) is 23.7. The van der Waals surface area contributed by atoms with Crippen LogP contribution in [0.15, 0.2) is 80.1 Å². The maximum atomic E-state index is 14.1. The summed E-state index contributed by atoms with van der Waals surface area (Å²) in [4.78, 5) is 32.4. The van der Waals surface area contributed by atoms with Crippen LogP contribution in [0.2, 0.25) is 10.0 Å². The number of allylic oxidation sites excluding steroid dienone is 1. The average Bonchev–Trinajstić information content (AvgIpc) is 3.27. The maximum absolute atomic E-state index is 14.1. The van der Waals surface area contributed by atoms with Crippen molar-refractivity contribution in [1.82, 2.24) is 4.57 Å². The Bertz CT molecular complexity index is 1930. The van der Waals surface area contributed by atoms with Crippen LogP contribution in [0.5, 0.6) is 11.5 Å². The molecule has 222 valence electrons. The molecule has 5 rings (SSSR count). The Hall–Kier alpha value is -3.37. The molecule has 3 aromatic carbocycles. The lowest BCUT2D eigenvalue weighted by Gasteiger charge is -2.24. The van der Waals surface area contributed by atoms with Crippen LogP contribution >= 0.6 is 50.5 Å². The van der Waals surface area contributed by atoms with Crippen LogP contribution in [-0.4, -0.2) is 24.3 Å². The molecule has 0 amide bonds. The summed E-state index contributed by atoms with van der Waals surface area (Å²) in [5.41, 5.74) is 3.82. The van der Waals surface area contributed by atoms with Gasteiger partial charge < -0.3 is 14.2 Å². The molecule has 0 radical (unpaired) electrons. The van der Waals surface area contributed by atoms with Crippen LogP contribution in [0.1, 0.15) is 42.1 Å². The summed E-state index contributed by atoms with van der Waals surface area (Å²) in [7, 11) is 1.55. The fourth-order valence-electron chi connectivity index (χ4n) is 4.78. The van der Waals surface area contributed by atoms with Crippen molar-refractivity contribution >= 4 is 62.5 Å². The molecule has 4 aromatic rings. The number of ether oxygens (including phenoxy) is 3. The van der Waals surface area contributed by atoms with Gasteiger partial charge in [-0.1, -0.05) is 86.4 Å². The number of aryl methyl sites for hydroxylation is 1. The van der Waals surface area contributed by atoms with E-state index in [1.807, 2.05) is 43.3 Å². The molecule has 7 nitrogen and oxygen atoms in total. The number of thiazole rings is 1. The first-order chi connectivity index (χ1) is 20.6. The summed E-state index contributed by atoms with van der Waals surface area (Å²) in [6, 6.07) is 16.0. The van der Waals surface area contributed by atoms with Gasteiger partial charge in [0.2, 0.25) is 0 Å². The van der Waals surface area contributed by atoms with Gasteiger partial charge in [0.25, 0.3) is 5.56 Å². The van der Waals surface area contributed by atoms with Crippen molar-refractivity contribution < 1.29 is 19.0 Å². The minimum absolute atomic E-state index is 0.187. The molecule has 0 aliphatic carbocycles. The minimum atomic E-state index is -0.694. The van der Waals surface area contributed by atoms with Crippen molar-refractivity contribution in [2.24, 2.45) is 4.99 Å². The van der Waals surface area contributed by atoms with E-state index in [0.717, 1.165) is 21.2 Å². The van der Waals surface area contributed by atoms with E-state index in [1.54, 1.807) is 49.8 Å². The number of hydrogen-bond acceptors (Lipinski definition) is 7. The standard InChI is InChI=1S/C32H27BrCl2N2O5S/c1-5-41-31(39)27-18(3)36-32-37(28(27)20-9-6-17(2)7-10-20)30(38)26(43-32)14-21-13-22(33)15-25(40-4)29(21)42-16-19-8-11-23(34)24(35)12-19/h6-15,28H,5,16H2,1-4H3/b26-14-/t28-/m0/s1. The Morgan fingerprint density at radius 2 is 1.84 bits per heavy atom. The van der Waals surface area contributed by atoms with E-state index >= 15 is 0 Å². The Labute approximate surface area is 270 Å². The zero-order chi connectivity index (χ0) is 30.8. The molecule has 2 heterocycles. The summed E-state index contributed by atoms with van der Waals surface area (Å²) in [5.74, 6) is 0.422. The molecule has 0 spiro atoms. The number of carbonyl (C=O) groups excluding carboxylic acids is 1. The highest BCUT2D eigenvalue weighted by atomic mass is 79.9. The molecule has 11 heteroatoms. The van der Waals surface area contributed by atoms with Crippen molar-refractivity contribution in [2.75, 3.05) is 13.7 Å². The van der Waals surface area contributed by atoms with Gasteiger partial charge in [0.15, 0.2) is 16.3 Å². The molecule has 1 aromatic heterocycles. The normalized spacial score (nSPS) is 14.8. The molecule has 0 unspecified atom stereocenters. The molecule has 1 aliphatic heterocycles. The lowest BCUT2D eigenvalue weighted by molar-refractivity contribution is -0.139. The molecule has 1 atom stereocenters. The molecular formula is C32H27BrCl2N2O5S. The summed E-state index contributed by atoms with van der Waals surface area (Å²) in [6.45, 7) is 5.88. The van der Waals surface area contributed by atoms with Gasteiger partial charge in [-0.05, 0) is 62.2 Å². The minimum Gasteiger partial charge on any atom is -0.493 e. The zero-order valence-corrected chi connectivity index (χ0v) is 27.7. The number of methoxy groups -OCH3 is 1. The van der Waals surface area contributed by atoms with E-state index in [4.69, 9.17) is 37.4 Å². The first-order valence-corrected chi connectivity index (χ1v) is 15.7. The van der Waals surface area contributed by atoms with Crippen LogP contribution in [-0.2, 0) is 16.1 Å². The van der Waals surface area contributed by atoms with Gasteiger partial charge in [-0.2, -0.15) is 0 Å². The number of rotatable bonds is 8. The molecule has 1 aliphatic rings. The number of carbonyl (C=O) groups is 1. The lowest BCUT2D eigenvalue weighted by atomic mass is 9.95. The number of fused-ring (bicyclic) bond motifs is 1. The largest absolute Gasteiger partial charge is 0.493 e. The lowest BCUT2D eigenvalue weighted by Crippen LogP contribution is -2.39. The van der Waals surface area contributed by atoms with E-state index in [2.05, 4.69) is 20.9 Å². The van der Waals surface area contributed by atoms with E-state index < -0.39 is 12.0 Å². The second-order valence-corrected chi connectivity index (χ2v) is 12.5. The van der Waals surface area contributed by atoms with Crippen LogP contribution in [0.3, 0.4) is 0 Å². The number of benzene rings is 3. The summed E-state index contributed by atoms with van der Waals surface area (Å²) < 4.78 is 20.0. The Morgan fingerprint density at radius 1 is 1.09 bits per heavy atom. The van der Waals surface area contributed by atoms with Crippen molar-refractivity contribution in [2.45, 2.75) is 33.4 Å². The SMILES string of the molecule is CCOC(=O)C1=C(C)N=c2s/c(=C\c3cc(Br)cc(OC)c3OCc3ccc(Cl)c(Cl)c3)c(=O)n2[C@H]1c1ccc(C)cc1. The monoisotopic (exact) mass is 700 g/mol. The van der Waals surface area contributed by atoms with E-state index in [-0.39, 0.29) is 18.8 Å². The molecule has 43 heavy (non-hydrogen) atoms. The van der Waals surface area contributed by atoms with Gasteiger partial charge >= 0.3 is 5.97 Å². The van der Waals surface area contributed by atoms with Gasteiger partial charge in [0, 0.05) is 10.0 Å². The molecule has 0 bridgehead atoms. The van der Waals surface area contributed by atoms with E-state index in [0.29, 0.717) is 47.7 Å². The third-order valence-electron chi connectivity index (χ3n) is 6.83. The van der Waals surface area contributed by atoms with Gasteiger partial charge in [-0.25, -0.2) is 9.79 Å². The van der Waals surface area contributed by atoms with Crippen LogP contribution in [0.4, 0.5) is 0 Å². The van der Waals surface area contributed by atoms with Crippen LogP contribution < -0.4 is 24.4 Å². The Kier molecular flexibility index (Phi) is 9.46. The quantitative estimate of drug-likeness (QED) is 0.190. The van der Waals surface area contributed by atoms with Crippen molar-refractivity contribution in [3.05, 3.63) is 122 Å². The van der Waals surface area contributed by atoms with Gasteiger partial charge in [0.1, 0.15) is 6.61 Å². The van der Waals surface area contributed by atoms with Gasteiger partial charge in [-0.3, -0.25) is 9.36 Å². The number of esters is 1. The smallest absolute Gasteiger partial charge is 0.338 e. The topological polar surface area (TPSA) is 79.1 Å². The number of hydrogen-bond donors (Lipinski definition) is 0. The van der Waals surface area contributed by atoms with E-state index in [9.17, 15) is 9.59 Å². The first-order valence-electron chi connectivity index (χ1n) is 13.3. The highest BCUT2D eigenvalue weighted by molar-refractivity contribution is 9.10. The number of halogens is 3. The van der Waals surface area contributed by atoms with Crippen molar-refractivity contribution in [1.29, 1.82) is 0 Å². The molecule has 0 saturated carbocycles. The van der Waals surface area contributed by atoms with Crippen LogP contribution in [0.25, 0.3) is 6.08 Å². The van der Waals surface area contributed by atoms with Crippen molar-refractivity contribution in [3.63, 3.8) is 0 Å². The Balaban J connectivity index is 1.65. The second-order valence-electron chi connectivity index (χ2n) is 9.78. The predicted molar refractivity (Wildman–Crippen MR) is 173 cm³/mol. The first kappa shape index (κ1) is 31.1.